The number of esters is 1. The zero-order valence-electron chi connectivity index (χ0n) is 20.3. The number of hydrogen-bond donors (Lipinski definition) is 1. The molecule has 0 aromatic heterocycles. The van der Waals surface area contributed by atoms with E-state index in [2.05, 4.69) is 5.32 Å². The Hall–Kier alpha value is -3.49. The molecule has 1 N–H and O–H groups in total. The van der Waals surface area contributed by atoms with Crippen LogP contribution in [0, 0.1) is 13.8 Å². The SMILES string of the molecule is CCN(CC)S(=O)(=O)c1cccc(C(=O)O[C@H](C(=O)Nc2cc(C)ccc2C)c2ccccc2)c1. The van der Waals surface area contributed by atoms with Gasteiger partial charge in [0.1, 0.15) is 0 Å². The van der Waals surface area contributed by atoms with Crippen LogP contribution < -0.4 is 5.32 Å². The van der Waals surface area contributed by atoms with Gasteiger partial charge < -0.3 is 10.1 Å². The molecule has 1 amide bonds. The number of anilines is 1. The fourth-order valence-corrected chi connectivity index (χ4v) is 5.15. The quantitative estimate of drug-likeness (QED) is 0.429. The van der Waals surface area contributed by atoms with E-state index < -0.39 is 28.0 Å². The molecule has 0 saturated carbocycles. The Bertz CT molecular complexity index is 1300. The summed E-state index contributed by atoms with van der Waals surface area (Å²) in [5, 5.41) is 2.85. The summed E-state index contributed by atoms with van der Waals surface area (Å²) in [4.78, 5) is 26.3. The van der Waals surface area contributed by atoms with Gasteiger partial charge in [-0.2, -0.15) is 4.31 Å². The normalized spacial score (nSPS) is 12.3. The average Bonchev–Trinajstić information content (AvgIpc) is 2.85. The Balaban J connectivity index is 1.91. The monoisotopic (exact) mass is 494 g/mol. The van der Waals surface area contributed by atoms with Crippen LogP contribution in [0.5, 0.6) is 0 Å². The average molecular weight is 495 g/mol. The lowest BCUT2D eigenvalue weighted by atomic mass is 10.1. The van der Waals surface area contributed by atoms with Crippen LogP contribution in [0.2, 0.25) is 0 Å². The van der Waals surface area contributed by atoms with Gasteiger partial charge >= 0.3 is 5.97 Å². The number of aryl methyl sites for hydroxylation is 2. The first-order valence-electron chi connectivity index (χ1n) is 11.4. The maximum atomic E-state index is 13.2. The molecule has 3 rings (SSSR count). The maximum absolute atomic E-state index is 13.2. The zero-order valence-corrected chi connectivity index (χ0v) is 21.1. The van der Waals surface area contributed by atoms with E-state index in [1.807, 2.05) is 32.0 Å². The van der Waals surface area contributed by atoms with Crippen LogP contribution in [0.3, 0.4) is 0 Å². The Morgan fingerprint density at radius 2 is 1.60 bits per heavy atom. The molecule has 1 atom stereocenters. The summed E-state index contributed by atoms with van der Waals surface area (Å²) in [6.07, 6.45) is -1.23. The van der Waals surface area contributed by atoms with Crippen LogP contribution in [-0.4, -0.2) is 37.7 Å². The van der Waals surface area contributed by atoms with Gasteiger partial charge in [-0.15, -0.1) is 0 Å². The first kappa shape index (κ1) is 26.1. The van der Waals surface area contributed by atoms with Gasteiger partial charge in [0, 0.05) is 24.3 Å². The first-order valence-corrected chi connectivity index (χ1v) is 12.9. The lowest BCUT2D eigenvalue weighted by molar-refractivity contribution is -0.125. The molecule has 3 aromatic rings. The van der Waals surface area contributed by atoms with Crippen molar-refractivity contribution >= 4 is 27.6 Å². The van der Waals surface area contributed by atoms with Gasteiger partial charge in [-0.3, -0.25) is 4.79 Å². The fraction of sp³-hybridized carbons (Fsp3) is 0.259. The molecule has 0 spiro atoms. The molecule has 0 heterocycles. The maximum Gasteiger partial charge on any atom is 0.339 e. The van der Waals surface area contributed by atoms with Gasteiger partial charge in [0.25, 0.3) is 5.91 Å². The summed E-state index contributed by atoms with van der Waals surface area (Å²) in [7, 11) is -3.76. The fourth-order valence-electron chi connectivity index (χ4n) is 3.64. The summed E-state index contributed by atoms with van der Waals surface area (Å²) in [5.74, 6) is -1.31. The van der Waals surface area contributed by atoms with E-state index in [9.17, 15) is 18.0 Å². The predicted octanol–water partition coefficient (Wildman–Crippen LogP) is 4.87. The topological polar surface area (TPSA) is 92.8 Å². The van der Waals surface area contributed by atoms with E-state index in [0.717, 1.165) is 11.1 Å². The number of amides is 1. The number of carbonyl (C=O) groups excluding carboxylic acids is 2. The number of sulfonamides is 1. The number of carbonyl (C=O) groups is 2. The van der Waals surface area contributed by atoms with Crippen molar-refractivity contribution in [2.45, 2.75) is 38.7 Å². The lowest BCUT2D eigenvalue weighted by Gasteiger charge is -2.20. The largest absolute Gasteiger partial charge is 0.444 e. The number of hydrogen-bond acceptors (Lipinski definition) is 5. The third-order valence-electron chi connectivity index (χ3n) is 5.63. The van der Waals surface area contributed by atoms with Crippen molar-refractivity contribution in [3.8, 4) is 0 Å². The number of rotatable bonds is 9. The highest BCUT2D eigenvalue weighted by atomic mass is 32.2. The van der Waals surface area contributed by atoms with Gasteiger partial charge in [-0.1, -0.05) is 62.4 Å². The number of ether oxygens (including phenoxy) is 1. The number of nitrogens with zero attached hydrogens (tertiary/aromatic N) is 1. The van der Waals surface area contributed by atoms with Crippen LogP contribution in [0.25, 0.3) is 0 Å². The zero-order chi connectivity index (χ0) is 25.6. The standard InChI is InChI=1S/C27H30N2O5S/c1-5-29(6-2)35(32,33)23-14-10-13-22(18-23)27(31)34-25(21-11-8-7-9-12-21)26(30)28-24-17-19(3)15-16-20(24)4/h7-18,25H,5-6H2,1-4H3,(H,28,30)/t25-/m0/s1. The van der Waals surface area contributed by atoms with Crippen molar-refractivity contribution in [1.29, 1.82) is 0 Å². The van der Waals surface area contributed by atoms with Crippen molar-refractivity contribution in [3.05, 3.63) is 95.1 Å². The van der Waals surface area contributed by atoms with E-state index in [1.165, 1.54) is 28.6 Å². The smallest absolute Gasteiger partial charge is 0.339 e. The number of benzene rings is 3. The lowest BCUT2D eigenvalue weighted by Crippen LogP contribution is -2.30. The molecule has 0 radical (unpaired) electrons. The number of nitrogens with one attached hydrogen (secondary N) is 1. The van der Waals surface area contributed by atoms with Crippen molar-refractivity contribution in [2.24, 2.45) is 0 Å². The highest BCUT2D eigenvalue weighted by Gasteiger charge is 2.28. The molecular formula is C27H30N2O5S. The minimum Gasteiger partial charge on any atom is -0.444 e. The van der Waals surface area contributed by atoms with Crippen LogP contribution in [0.4, 0.5) is 5.69 Å². The predicted molar refractivity (Wildman–Crippen MR) is 136 cm³/mol. The van der Waals surface area contributed by atoms with Crippen LogP contribution in [-0.2, 0) is 19.6 Å². The van der Waals surface area contributed by atoms with Crippen LogP contribution >= 0.6 is 0 Å². The van der Waals surface area contributed by atoms with E-state index >= 15 is 0 Å². The molecular weight excluding hydrogens is 464 g/mol. The third kappa shape index (κ3) is 6.15. The second kappa shape index (κ2) is 11.3. The van der Waals surface area contributed by atoms with Crippen molar-refractivity contribution in [3.63, 3.8) is 0 Å². The Morgan fingerprint density at radius 3 is 2.26 bits per heavy atom. The molecule has 0 saturated heterocycles. The molecule has 0 unspecified atom stereocenters. The third-order valence-corrected chi connectivity index (χ3v) is 7.68. The van der Waals surface area contributed by atoms with E-state index in [-0.39, 0.29) is 10.5 Å². The summed E-state index contributed by atoms with van der Waals surface area (Å²) in [6.45, 7) is 7.91. The molecule has 0 aliphatic rings. The van der Waals surface area contributed by atoms with Crippen LogP contribution in [0.15, 0.2) is 77.7 Å². The van der Waals surface area contributed by atoms with E-state index in [0.29, 0.717) is 24.3 Å². The summed E-state index contributed by atoms with van der Waals surface area (Å²) >= 11 is 0. The Labute approximate surface area is 206 Å². The van der Waals surface area contributed by atoms with Gasteiger partial charge in [0.15, 0.2) is 0 Å². The van der Waals surface area contributed by atoms with E-state index in [4.69, 9.17) is 4.74 Å². The minimum absolute atomic E-state index is 0.00764. The second-order valence-corrected chi connectivity index (χ2v) is 10.1. The summed E-state index contributed by atoms with van der Waals surface area (Å²) in [5.41, 5.74) is 3.01. The Kier molecular flexibility index (Phi) is 8.43. The molecule has 35 heavy (non-hydrogen) atoms. The molecule has 0 aliphatic carbocycles. The summed E-state index contributed by atoms with van der Waals surface area (Å²) in [6, 6.07) is 20.0. The van der Waals surface area contributed by atoms with Gasteiger partial charge in [0.2, 0.25) is 16.1 Å². The van der Waals surface area contributed by atoms with Crippen LogP contribution in [0.1, 0.15) is 47.0 Å². The molecule has 0 aliphatic heterocycles. The van der Waals surface area contributed by atoms with Gasteiger partial charge in [-0.05, 0) is 49.2 Å². The van der Waals surface area contributed by atoms with Crippen molar-refractivity contribution in [2.75, 3.05) is 18.4 Å². The molecule has 8 heteroatoms. The first-order chi connectivity index (χ1) is 16.7. The van der Waals surface area contributed by atoms with Crippen molar-refractivity contribution < 1.29 is 22.7 Å². The molecule has 0 fully saturated rings. The molecule has 0 bridgehead atoms. The second-order valence-electron chi connectivity index (χ2n) is 8.12. The van der Waals surface area contributed by atoms with Crippen molar-refractivity contribution in [1.82, 2.24) is 4.31 Å². The Morgan fingerprint density at radius 1 is 0.914 bits per heavy atom. The van der Waals surface area contributed by atoms with Gasteiger partial charge in [-0.25, -0.2) is 13.2 Å². The highest BCUT2D eigenvalue weighted by molar-refractivity contribution is 7.89. The molecule has 3 aromatic carbocycles. The minimum atomic E-state index is -3.76. The van der Waals surface area contributed by atoms with E-state index in [1.54, 1.807) is 44.2 Å². The highest BCUT2D eigenvalue weighted by Crippen LogP contribution is 2.25. The molecule has 184 valence electrons. The summed E-state index contributed by atoms with van der Waals surface area (Å²) < 4.78 is 32.7. The molecule has 7 nitrogen and oxygen atoms in total. The van der Waals surface area contributed by atoms with Gasteiger partial charge in [0.05, 0.1) is 10.5 Å².